The van der Waals surface area contributed by atoms with E-state index in [4.69, 9.17) is 15.6 Å². The van der Waals surface area contributed by atoms with E-state index in [0.29, 0.717) is 0 Å². The van der Waals surface area contributed by atoms with Gasteiger partial charge in [-0.3, -0.25) is 19.7 Å². The minimum absolute atomic E-state index is 0.0760. The Hall–Kier alpha value is -2.61. The Morgan fingerprint density at radius 2 is 2.05 bits per heavy atom. The van der Waals surface area contributed by atoms with Crippen LogP contribution in [0.1, 0.15) is 23.2 Å². The quantitative estimate of drug-likeness (QED) is 0.572. The molecule has 21 heavy (non-hydrogen) atoms. The van der Waals surface area contributed by atoms with Gasteiger partial charge < -0.3 is 20.7 Å². The molecule has 0 fully saturated rings. The van der Waals surface area contributed by atoms with Gasteiger partial charge in [-0.25, -0.2) is 0 Å². The van der Waals surface area contributed by atoms with Crippen LogP contribution in [0.15, 0.2) is 18.2 Å². The number of aliphatic carboxylic acids is 1. The van der Waals surface area contributed by atoms with E-state index in [0.717, 1.165) is 0 Å². The van der Waals surface area contributed by atoms with Crippen molar-refractivity contribution in [2.24, 2.45) is 5.73 Å². The number of carbonyl (C=O) groups is 3. The fraction of sp³-hybridized carbons (Fsp3) is 0.308. The SMILES string of the molecule is COc1cc(C(=O)NC(=O)CCC(N)C(=O)O)ccc1O. The zero-order chi connectivity index (χ0) is 16.0. The zero-order valence-electron chi connectivity index (χ0n) is 11.3. The number of aromatic hydroxyl groups is 1. The summed E-state index contributed by atoms with van der Waals surface area (Å²) in [6, 6.07) is 2.71. The van der Waals surface area contributed by atoms with Crippen molar-refractivity contribution in [2.75, 3.05) is 7.11 Å². The molecule has 0 aliphatic heterocycles. The van der Waals surface area contributed by atoms with Crippen LogP contribution in [0.3, 0.4) is 0 Å². The molecule has 1 unspecified atom stereocenters. The number of phenols is 1. The number of methoxy groups -OCH3 is 1. The number of ether oxygens (including phenoxy) is 1. The zero-order valence-corrected chi connectivity index (χ0v) is 11.3. The van der Waals surface area contributed by atoms with Gasteiger partial charge in [-0.15, -0.1) is 0 Å². The van der Waals surface area contributed by atoms with Gasteiger partial charge in [0.2, 0.25) is 5.91 Å². The normalized spacial score (nSPS) is 11.5. The highest BCUT2D eigenvalue weighted by molar-refractivity contribution is 6.05. The maximum Gasteiger partial charge on any atom is 0.320 e. The lowest BCUT2D eigenvalue weighted by molar-refractivity contribution is -0.138. The molecule has 0 radical (unpaired) electrons. The van der Waals surface area contributed by atoms with Crippen LogP contribution in [0.4, 0.5) is 0 Å². The number of rotatable bonds is 6. The molecule has 8 nitrogen and oxygen atoms in total. The fourth-order valence-electron chi connectivity index (χ4n) is 1.49. The summed E-state index contributed by atoms with van der Waals surface area (Å²) in [6.07, 6.45) is -0.262. The minimum Gasteiger partial charge on any atom is -0.504 e. The van der Waals surface area contributed by atoms with Gasteiger partial charge in [0.25, 0.3) is 5.91 Å². The minimum atomic E-state index is -1.21. The number of benzene rings is 1. The summed E-state index contributed by atoms with van der Waals surface area (Å²) < 4.78 is 4.85. The van der Waals surface area contributed by atoms with Crippen LogP contribution in [0.2, 0.25) is 0 Å². The van der Waals surface area contributed by atoms with Crippen LogP contribution in [0, 0.1) is 0 Å². The average molecular weight is 296 g/mol. The van der Waals surface area contributed by atoms with E-state index in [2.05, 4.69) is 5.32 Å². The van der Waals surface area contributed by atoms with Crippen LogP contribution in [0.5, 0.6) is 11.5 Å². The molecule has 2 amide bonds. The summed E-state index contributed by atoms with van der Waals surface area (Å²) in [5, 5.41) is 20.1. The summed E-state index contributed by atoms with van der Waals surface area (Å²) in [5.74, 6) is -2.56. The molecule has 0 saturated carbocycles. The monoisotopic (exact) mass is 296 g/mol. The third kappa shape index (κ3) is 4.77. The Balaban J connectivity index is 2.60. The Labute approximate surface area is 120 Å². The van der Waals surface area contributed by atoms with Gasteiger partial charge in [-0.2, -0.15) is 0 Å². The lowest BCUT2D eigenvalue weighted by atomic mass is 10.1. The molecule has 5 N–H and O–H groups in total. The number of hydrogen-bond acceptors (Lipinski definition) is 6. The Kier molecular flexibility index (Phi) is 5.67. The third-order valence-electron chi connectivity index (χ3n) is 2.69. The maximum atomic E-state index is 11.8. The summed E-state index contributed by atoms with van der Waals surface area (Å²) in [7, 11) is 1.33. The number of hydrogen-bond donors (Lipinski definition) is 4. The first-order valence-electron chi connectivity index (χ1n) is 6.04. The topological polar surface area (TPSA) is 139 Å². The summed E-state index contributed by atoms with van der Waals surface area (Å²) >= 11 is 0. The maximum absolute atomic E-state index is 11.8. The number of carboxylic acid groups (broad SMARTS) is 1. The van der Waals surface area contributed by atoms with Crippen molar-refractivity contribution in [1.82, 2.24) is 5.32 Å². The van der Waals surface area contributed by atoms with Gasteiger partial charge in [-0.1, -0.05) is 0 Å². The Bertz CT molecular complexity index is 558. The molecule has 0 aromatic heterocycles. The van der Waals surface area contributed by atoms with Gasteiger partial charge >= 0.3 is 5.97 Å². The van der Waals surface area contributed by atoms with Crippen LogP contribution < -0.4 is 15.8 Å². The van der Waals surface area contributed by atoms with E-state index in [1.165, 1.54) is 25.3 Å². The molecule has 114 valence electrons. The number of carbonyl (C=O) groups excluding carboxylic acids is 2. The van der Waals surface area contributed by atoms with E-state index in [1.54, 1.807) is 0 Å². The van der Waals surface area contributed by atoms with Gasteiger partial charge in [0.05, 0.1) is 7.11 Å². The second-order valence-corrected chi connectivity index (χ2v) is 4.25. The standard InChI is InChI=1S/C13H16N2O6/c1-21-10-6-7(2-4-9(10)16)12(18)15-11(17)5-3-8(14)13(19)20/h2,4,6,8,16H,3,5,14H2,1H3,(H,19,20)(H,15,17,18). The van der Waals surface area contributed by atoms with E-state index >= 15 is 0 Å². The molecule has 1 atom stereocenters. The van der Waals surface area contributed by atoms with Gasteiger partial charge in [0.15, 0.2) is 11.5 Å². The number of phenolic OH excluding ortho intramolecular Hbond substituents is 1. The summed E-state index contributed by atoms with van der Waals surface area (Å²) in [4.78, 5) is 33.8. The molecule has 0 spiro atoms. The first-order valence-corrected chi connectivity index (χ1v) is 6.04. The largest absolute Gasteiger partial charge is 0.504 e. The average Bonchev–Trinajstić information content (AvgIpc) is 2.44. The van der Waals surface area contributed by atoms with Gasteiger partial charge in [-0.05, 0) is 24.6 Å². The van der Waals surface area contributed by atoms with Crippen molar-refractivity contribution in [1.29, 1.82) is 0 Å². The first-order chi connectivity index (χ1) is 9.85. The molecule has 1 aromatic carbocycles. The van der Waals surface area contributed by atoms with Crippen LogP contribution >= 0.6 is 0 Å². The van der Waals surface area contributed by atoms with Gasteiger partial charge in [0.1, 0.15) is 6.04 Å². The highest BCUT2D eigenvalue weighted by Crippen LogP contribution is 2.26. The smallest absolute Gasteiger partial charge is 0.320 e. The predicted octanol–water partition coefficient (Wildman–Crippen LogP) is -0.151. The highest BCUT2D eigenvalue weighted by Gasteiger charge is 2.16. The number of nitrogens with two attached hydrogens (primary N) is 1. The molecular formula is C13H16N2O6. The molecule has 0 bridgehead atoms. The molecule has 1 aromatic rings. The number of amides is 2. The second kappa shape index (κ2) is 7.25. The molecule has 0 aliphatic carbocycles. The van der Waals surface area contributed by atoms with Crippen molar-refractivity contribution in [2.45, 2.75) is 18.9 Å². The van der Waals surface area contributed by atoms with Crippen LogP contribution in [-0.2, 0) is 9.59 Å². The lowest BCUT2D eigenvalue weighted by Gasteiger charge is -2.08. The van der Waals surface area contributed by atoms with Gasteiger partial charge in [0, 0.05) is 12.0 Å². The van der Waals surface area contributed by atoms with E-state index in [1.807, 2.05) is 0 Å². The second-order valence-electron chi connectivity index (χ2n) is 4.25. The lowest BCUT2D eigenvalue weighted by Crippen LogP contribution is -2.34. The van der Waals surface area contributed by atoms with Crippen molar-refractivity contribution in [3.8, 4) is 11.5 Å². The van der Waals surface area contributed by atoms with Crippen molar-refractivity contribution >= 4 is 17.8 Å². The van der Waals surface area contributed by atoms with Crippen LogP contribution in [-0.4, -0.2) is 41.1 Å². The van der Waals surface area contributed by atoms with Crippen LogP contribution in [0.25, 0.3) is 0 Å². The predicted molar refractivity (Wildman–Crippen MR) is 72.0 cm³/mol. The number of carboxylic acids is 1. The molecule has 8 heteroatoms. The van der Waals surface area contributed by atoms with E-state index in [-0.39, 0.29) is 29.9 Å². The van der Waals surface area contributed by atoms with E-state index < -0.39 is 23.8 Å². The number of imide groups is 1. The Morgan fingerprint density at radius 1 is 1.38 bits per heavy atom. The molecule has 1 rings (SSSR count). The first kappa shape index (κ1) is 16.4. The van der Waals surface area contributed by atoms with Crippen molar-refractivity contribution in [3.63, 3.8) is 0 Å². The summed E-state index contributed by atoms with van der Waals surface area (Å²) in [6.45, 7) is 0. The van der Waals surface area contributed by atoms with E-state index in [9.17, 15) is 19.5 Å². The molecular weight excluding hydrogens is 280 g/mol. The number of nitrogens with one attached hydrogen (secondary N) is 1. The molecule has 0 heterocycles. The summed E-state index contributed by atoms with van der Waals surface area (Å²) in [5.41, 5.74) is 5.38. The fourth-order valence-corrected chi connectivity index (χ4v) is 1.49. The third-order valence-corrected chi connectivity index (χ3v) is 2.69. The Morgan fingerprint density at radius 3 is 2.62 bits per heavy atom. The molecule has 0 aliphatic rings. The van der Waals surface area contributed by atoms with Crippen molar-refractivity contribution < 1.29 is 29.3 Å². The molecule has 0 saturated heterocycles. The van der Waals surface area contributed by atoms with Crippen molar-refractivity contribution in [3.05, 3.63) is 23.8 Å². The highest BCUT2D eigenvalue weighted by atomic mass is 16.5.